The molecule has 0 aliphatic rings. The van der Waals surface area contributed by atoms with Gasteiger partial charge in [-0.2, -0.15) is 0 Å². The van der Waals surface area contributed by atoms with Gasteiger partial charge >= 0.3 is 6.03 Å². The third kappa shape index (κ3) is 1.66. The van der Waals surface area contributed by atoms with E-state index in [9.17, 15) is 4.79 Å². The van der Waals surface area contributed by atoms with E-state index >= 15 is 0 Å². The van der Waals surface area contributed by atoms with Gasteiger partial charge in [-0.1, -0.05) is 12.1 Å². The number of carbonyl (C=O) groups excluding carboxylic acids is 1. The van der Waals surface area contributed by atoms with Crippen LogP contribution in [0.15, 0.2) is 30.6 Å². The third-order valence-electron chi connectivity index (χ3n) is 2.74. The number of amides is 1. The van der Waals surface area contributed by atoms with E-state index in [1.54, 1.807) is 22.8 Å². The molecule has 4 heteroatoms. The van der Waals surface area contributed by atoms with Crippen molar-refractivity contribution in [2.24, 2.45) is 0 Å². The number of aromatic nitrogens is 2. The van der Waals surface area contributed by atoms with Gasteiger partial charge in [-0.3, -0.25) is 4.57 Å². The largest absolute Gasteiger partial charge is 0.329 e. The second-order valence-electron chi connectivity index (χ2n) is 4.09. The number of hydrogen-bond acceptors (Lipinski definition) is 2. The van der Waals surface area contributed by atoms with Gasteiger partial charge < -0.3 is 4.90 Å². The molecule has 0 aliphatic heterocycles. The predicted octanol–water partition coefficient (Wildman–Crippen LogP) is 2.34. The van der Waals surface area contributed by atoms with Crippen LogP contribution in [0, 0.1) is 0 Å². The molecule has 0 atom stereocenters. The van der Waals surface area contributed by atoms with Crippen LogP contribution in [0.4, 0.5) is 4.79 Å². The molecule has 16 heavy (non-hydrogen) atoms. The topological polar surface area (TPSA) is 38.1 Å². The number of nitrogens with zero attached hydrogens (tertiary/aromatic N) is 3. The fourth-order valence-corrected chi connectivity index (χ4v) is 1.50. The Bertz CT molecular complexity index is 516. The number of imidazole rings is 1. The van der Waals surface area contributed by atoms with Crippen LogP contribution in [0.1, 0.15) is 13.8 Å². The number of para-hydroxylation sites is 2. The zero-order valence-corrected chi connectivity index (χ0v) is 9.71. The highest BCUT2D eigenvalue weighted by Gasteiger charge is 2.15. The molecule has 0 fully saturated rings. The van der Waals surface area contributed by atoms with E-state index in [-0.39, 0.29) is 12.1 Å². The minimum atomic E-state index is -0.0521. The highest BCUT2D eigenvalue weighted by Crippen LogP contribution is 2.13. The van der Waals surface area contributed by atoms with E-state index in [2.05, 4.69) is 4.98 Å². The molecule has 1 aromatic carbocycles. The molecule has 1 heterocycles. The first-order valence-electron chi connectivity index (χ1n) is 5.30. The van der Waals surface area contributed by atoms with Gasteiger partial charge in [0.25, 0.3) is 0 Å². The summed E-state index contributed by atoms with van der Waals surface area (Å²) in [5, 5.41) is 0. The summed E-state index contributed by atoms with van der Waals surface area (Å²) in [4.78, 5) is 18.0. The van der Waals surface area contributed by atoms with Crippen LogP contribution in [0.5, 0.6) is 0 Å². The highest BCUT2D eigenvalue weighted by molar-refractivity contribution is 5.89. The van der Waals surface area contributed by atoms with Gasteiger partial charge in [-0.05, 0) is 26.0 Å². The average Bonchev–Trinajstić information content (AvgIpc) is 2.70. The zero-order chi connectivity index (χ0) is 11.7. The summed E-state index contributed by atoms with van der Waals surface area (Å²) < 4.78 is 1.58. The van der Waals surface area contributed by atoms with Gasteiger partial charge in [0.15, 0.2) is 0 Å². The van der Waals surface area contributed by atoms with Crippen molar-refractivity contribution in [3.05, 3.63) is 30.6 Å². The summed E-state index contributed by atoms with van der Waals surface area (Å²) in [6.07, 6.45) is 1.58. The first kappa shape index (κ1) is 10.7. The van der Waals surface area contributed by atoms with Crippen molar-refractivity contribution in [3.8, 4) is 0 Å². The average molecular weight is 217 g/mol. The Hall–Kier alpha value is -1.84. The van der Waals surface area contributed by atoms with Gasteiger partial charge in [-0.25, -0.2) is 9.78 Å². The molecule has 0 unspecified atom stereocenters. The van der Waals surface area contributed by atoms with Crippen molar-refractivity contribution in [2.45, 2.75) is 19.9 Å². The fourth-order valence-electron chi connectivity index (χ4n) is 1.50. The molecule has 4 nitrogen and oxygen atoms in total. The lowest BCUT2D eigenvalue weighted by Crippen LogP contribution is -2.35. The predicted molar refractivity (Wildman–Crippen MR) is 63.4 cm³/mol. The van der Waals surface area contributed by atoms with Crippen LogP contribution in [-0.4, -0.2) is 33.6 Å². The maximum Gasteiger partial charge on any atom is 0.329 e. The Morgan fingerprint density at radius 3 is 2.75 bits per heavy atom. The zero-order valence-electron chi connectivity index (χ0n) is 9.71. The highest BCUT2D eigenvalue weighted by atomic mass is 16.2. The SMILES string of the molecule is CC(C)N(C)C(=O)n1cnc2ccccc21. The van der Waals surface area contributed by atoms with Crippen molar-refractivity contribution < 1.29 is 4.79 Å². The van der Waals surface area contributed by atoms with Crippen molar-refractivity contribution >= 4 is 17.1 Å². The summed E-state index contributed by atoms with van der Waals surface area (Å²) in [5.74, 6) is 0. The van der Waals surface area contributed by atoms with Crippen molar-refractivity contribution in [2.75, 3.05) is 7.05 Å². The molecule has 0 radical (unpaired) electrons. The Kier molecular flexibility index (Phi) is 2.64. The molecule has 84 valence electrons. The molecule has 0 saturated carbocycles. The molecule has 0 spiro atoms. The number of benzene rings is 1. The smallest absolute Gasteiger partial charge is 0.325 e. The van der Waals surface area contributed by atoms with Crippen molar-refractivity contribution in [1.82, 2.24) is 14.5 Å². The summed E-state index contributed by atoms with van der Waals surface area (Å²) in [6.45, 7) is 3.97. The summed E-state index contributed by atoms with van der Waals surface area (Å²) >= 11 is 0. The van der Waals surface area contributed by atoms with E-state index in [1.165, 1.54) is 0 Å². The Balaban J connectivity index is 2.44. The number of carbonyl (C=O) groups is 1. The van der Waals surface area contributed by atoms with Crippen LogP contribution in [-0.2, 0) is 0 Å². The summed E-state index contributed by atoms with van der Waals surface area (Å²) in [7, 11) is 1.79. The monoisotopic (exact) mass is 217 g/mol. The Morgan fingerprint density at radius 1 is 1.38 bits per heavy atom. The van der Waals surface area contributed by atoms with Crippen molar-refractivity contribution in [1.29, 1.82) is 0 Å². The first-order valence-corrected chi connectivity index (χ1v) is 5.30. The third-order valence-corrected chi connectivity index (χ3v) is 2.74. The van der Waals surface area contributed by atoms with Crippen molar-refractivity contribution in [3.63, 3.8) is 0 Å². The van der Waals surface area contributed by atoms with Gasteiger partial charge in [0.05, 0.1) is 11.0 Å². The maximum absolute atomic E-state index is 12.1. The quantitative estimate of drug-likeness (QED) is 0.735. The van der Waals surface area contributed by atoms with Crippen LogP contribution < -0.4 is 0 Å². The Labute approximate surface area is 94.5 Å². The number of hydrogen-bond donors (Lipinski definition) is 0. The van der Waals surface area contributed by atoms with E-state index < -0.39 is 0 Å². The van der Waals surface area contributed by atoms with Crippen LogP contribution >= 0.6 is 0 Å². The molecule has 0 saturated heterocycles. The van der Waals surface area contributed by atoms with Crippen LogP contribution in [0.3, 0.4) is 0 Å². The lowest BCUT2D eigenvalue weighted by Gasteiger charge is -2.21. The second kappa shape index (κ2) is 3.96. The molecular formula is C12H15N3O. The fraction of sp³-hybridized carbons (Fsp3) is 0.333. The number of fused-ring (bicyclic) bond motifs is 1. The molecular weight excluding hydrogens is 202 g/mol. The van der Waals surface area contributed by atoms with Gasteiger partial charge in [0.1, 0.15) is 6.33 Å². The standard InChI is InChI=1S/C12H15N3O/c1-9(2)14(3)12(16)15-8-13-10-6-4-5-7-11(10)15/h4-9H,1-3H3. The van der Waals surface area contributed by atoms with E-state index in [0.717, 1.165) is 11.0 Å². The Morgan fingerprint density at radius 2 is 2.06 bits per heavy atom. The van der Waals surface area contributed by atoms with Crippen LogP contribution in [0.2, 0.25) is 0 Å². The molecule has 0 N–H and O–H groups in total. The molecule has 2 aromatic rings. The maximum atomic E-state index is 12.1. The van der Waals surface area contributed by atoms with E-state index in [4.69, 9.17) is 0 Å². The normalized spacial score (nSPS) is 11.0. The lowest BCUT2D eigenvalue weighted by molar-refractivity contribution is 0.200. The van der Waals surface area contributed by atoms with Gasteiger partial charge in [-0.15, -0.1) is 0 Å². The first-order chi connectivity index (χ1) is 7.61. The van der Waals surface area contributed by atoms with Gasteiger partial charge in [0, 0.05) is 13.1 Å². The second-order valence-corrected chi connectivity index (χ2v) is 4.09. The lowest BCUT2D eigenvalue weighted by atomic mass is 10.3. The van der Waals surface area contributed by atoms with E-state index in [1.807, 2.05) is 38.1 Å². The summed E-state index contributed by atoms with van der Waals surface area (Å²) in [6, 6.07) is 7.74. The number of rotatable bonds is 1. The minimum absolute atomic E-state index is 0.0521. The summed E-state index contributed by atoms with van der Waals surface area (Å²) in [5.41, 5.74) is 1.69. The van der Waals surface area contributed by atoms with E-state index in [0.29, 0.717) is 0 Å². The molecule has 2 rings (SSSR count). The van der Waals surface area contributed by atoms with Gasteiger partial charge in [0.2, 0.25) is 0 Å². The molecule has 0 aliphatic carbocycles. The molecule has 1 amide bonds. The molecule has 0 bridgehead atoms. The molecule has 1 aromatic heterocycles. The minimum Gasteiger partial charge on any atom is -0.325 e. The van der Waals surface area contributed by atoms with Crippen LogP contribution in [0.25, 0.3) is 11.0 Å².